The van der Waals surface area contributed by atoms with Crippen LogP contribution >= 0.6 is 11.6 Å². The van der Waals surface area contributed by atoms with Crippen molar-refractivity contribution in [1.82, 2.24) is 5.32 Å². The van der Waals surface area contributed by atoms with E-state index in [4.69, 9.17) is 16.3 Å². The first-order valence-electron chi connectivity index (χ1n) is 5.60. The fourth-order valence-corrected chi connectivity index (χ4v) is 2.13. The van der Waals surface area contributed by atoms with Gasteiger partial charge in [-0.15, -0.1) is 11.6 Å². The fraction of sp³-hybridized carbons (Fsp3) is 0.909. The number of carbonyl (C=O) groups is 1. The number of nitrogens with one attached hydrogen (secondary N) is 1. The number of carbonyl (C=O) groups excluding carboxylic acids is 1. The predicted octanol–water partition coefficient (Wildman–Crippen LogP) is 1.94. The highest BCUT2D eigenvalue weighted by Crippen LogP contribution is 2.28. The lowest BCUT2D eigenvalue weighted by Crippen LogP contribution is -2.32. The Hall–Kier alpha value is -0.280. The maximum absolute atomic E-state index is 11.3. The van der Waals surface area contributed by atoms with Gasteiger partial charge in [0.1, 0.15) is 6.61 Å². The fourth-order valence-electron chi connectivity index (χ4n) is 1.75. The molecule has 1 saturated carbocycles. The van der Waals surface area contributed by atoms with E-state index in [-0.39, 0.29) is 18.6 Å². The van der Waals surface area contributed by atoms with Gasteiger partial charge < -0.3 is 10.1 Å². The van der Waals surface area contributed by atoms with Crippen molar-refractivity contribution in [3.63, 3.8) is 0 Å². The zero-order valence-electron chi connectivity index (χ0n) is 9.46. The maximum atomic E-state index is 11.3. The van der Waals surface area contributed by atoms with E-state index in [1.807, 2.05) is 13.8 Å². The molecule has 0 spiro atoms. The molecule has 3 nitrogen and oxygen atoms in total. The van der Waals surface area contributed by atoms with Gasteiger partial charge in [0.25, 0.3) is 0 Å². The summed E-state index contributed by atoms with van der Waals surface area (Å²) < 4.78 is 5.20. The van der Waals surface area contributed by atoms with E-state index in [2.05, 4.69) is 5.32 Å². The van der Waals surface area contributed by atoms with Crippen LogP contribution in [-0.4, -0.2) is 30.5 Å². The second-order valence-corrected chi connectivity index (χ2v) is 5.06. The van der Waals surface area contributed by atoms with E-state index in [9.17, 15) is 4.79 Å². The number of alkyl halides is 1. The molecule has 0 aromatic carbocycles. The van der Waals surface area contributed by atoms with Gasteiger partial charge >= 0.3 is 0 Å². The average molecular weight is 234 g/mol. The smallest absolute Gasteiger partial charge is 0.246 e. The third-order valence-electron chi connectivity index (χ3n) is 2.61. The van der Waals surface area contributed by atoms with Gasteiger partial charge in [-0.3, -0.25) is 4.79 Å². The van der Waals surface area contributed by atoms with Crippen LogP contribution in [0.4, 0.5) is 0 Å². The van der Waals surface area contributed by atoms with Crippen LogP contribution < -0.4 is 5.32 Å². The van der Waals surface area contributed by atoms with E-state index < -0.39 is 0 Å². The quantitative estimate of drug-likeness (QED) is 0.737. The Morgan fingerprint density at radius 1 is 1.53 bits per heavy atom. The van der Waals surface area contributed by atoms with Crippen LogP contribution in [0.25, 0.3) is 0 Å². The molecule has 1 N–H and O–H groups in total. The molecule has 0 radical (unpaired) electrons. The highest BCUT2D eigenvalue weighted by atomic mass is 35.5. The number of ether oxygens (including phenoxy) is 1. The molecule has 1 rings (SSSR count). The van der Waals surface area contributed by atoms with Crippen LogP contribution in [0.1, 0.15) is 33.1 Å². The van der Waals surface area contributed by atoms with Crippen molar-refractivity contribution in [2.45, 2.75) is 44.6 Å². The summed E-state index contributed by atoms with van der Waals surface area (Å²) in [4.78, 5) is 11.3. The third-order valence-corrected chi connectivity index (χ3v) is 3.01. The van der Waals surface area contributed by atoms with Gasteiger partial charge in [-0.05, 0) is 39.0 Å². The van der Waals surface area contributed by atoms with Crippen molar-refractivity contribution in [2.75, 3.05) is 13.2 Å². The van der Waals surface area contributed by atoms with Crippen LogP contribution in [-0.2, 0) is 9.53 Å². The summed E-state index contributed by atoms with van der Waals surface area (Å²) in [5, 5.41) is 3.18. The van der Waals surface area contributed by atoms with Gasteiger partial charge in [0.2, 0.25) is 5.91 Å². The van der Waals surface area contributed by atoms with E-state index in [1.54, 1.807) is 0 Å². The summed E-state index contributed by atoms with van der Waals surface area (Å²) in [5.41, 5.74) is 0. The van der Waals surface area contributed by atoms with Crippen molar-refractivity contribution in [2.24, 2.45) is 5.92 Å². The van der Waals surface area contributed by atoms with Crippen molar-refractivity contribution >= 4 is 17.5 Å². The van der Waals surface area contributed by atoms with Crippen LogP contribution in [0.5, 0.6) is 0 Å². The largest absolute Gasteiger partial charge is 0.369 e. The minimum Gasteiger partial charge on any atom is -0.369 e. The van der Waals surface area contributed by atoms with Gasteiger partial charge in [0.05, 0.1) is 6.10 Å². The lowest BCUT2D eigenvalue weighted by Gasteiger charge is -2.12. The van der Waals surface area contributed by atoms with Gasteiger partial charge in [0, 0.05) is 11.9 Å². The lowest BCUT2D eigenvalue weighted by molar-refractivity contribution is -0.127. The number of amides is 1. The SMILES string of the molecule is CC(C)OCC(=O)NCC1CCC(Cl)C1. The normalized spacial score (nSPS) is 25.9. The predicted molar refractivity (Wildman–Crippen MR) is 61.1 cm³/mol. The molecule has 1 aliphatic carbocycles. The molecule has 0 aliphatic heterocycles. The van der Waals surface area contributed by atoms with Crippen LogP contribution in [0.15, 0.2) is 0 Å². The van der Waals surface area contributed by atoms with Crippen molar-refractivity contribution in [3.05, 3.63) is 0 Å². The Morgan fingerprint density at radius 2 is 2.27 bits per heavy atom. The second-order valence-electron chi connectivity index (χ2n) is 4.44. The molecule has 88 valence electrons. The molecule has 15 heavy (non-hydrogen) atoms. The standard InChI is InChI=1S/C11H20ClNO2/c1-8(2)15-7-11(14)13-6-9-3-4-10(12)5-9/h8-10H,3-7H2,1-2H3,(H,13,14). The lowest BCUT2D eigenvalue weighted by atomic mass is 10.1. The summed E-state index contributed by atoms with van der Waals surface area (Å²) in [6.07, 6.45) is 3.33. The highest BCUT2D eigenvalue weighted by molar-refractivity contribution is 6.20. The summed E-state index contributed by atoms with van der Waals surface area (Å²) in [7, 11) is 0. The first kappa shape index (κ1) is 12.8. The van der Waals surface area contributed by atoms with Crippen molar-refractivity contribution in [1.29, 1.82) is 0 Å². The average Bonchev–Trinajstić information content (AvgIpc) is 2.58. The summed E-state index contributed by atoms with van der Waals surface area (Å²) in [6.45, 7) is 4.74. The first-order valence-corrected chi connectivity index (χ1v) is 6.04. The Bertz CT molecular complexity index is 209. The van der Waals surface area contributed by atoms with Crippen molar-refractivity contribution in [3.8, 4) is 0 Å². The molecule has 0 heterocycles. The second kappa shape index (κ2) is 6.33. The molecule has 2 atom stereocenters. The molecular formula is C11H20ClNO2. The Balaban J connectivity index is 2.06. The molecule has 1 fully saturated rings. The van der Waals surface area contributed by atoms with Gasteiger partial charge in [-0.2, -0.15) is 0 Å². The summed E-state index contributed by atoms with van der Waals surface area (Å²) >= 11 is 5.99. The number of hydrogen-bond donors (Lipinski definition) is 1. The molecule has 0 saturated heterocycles. The van der Waals surface area contributed by atoms with Crippen LogP contribution in [0.2, 0.25) is 0 Å². The molecule has 0 aromatic rings. The monoisotopic (exact) mass is 233 g/mol. The minimum absolute atomic E-state index is 0.0262. The van der Waals surface area contributed by atoms with E-state index in [0.717, 1.165) is 25.8 Å². The first-order chi connectivity index (χ1) is 7.08. The number of rotatable bonds is 5. The molecule has 4 heteroatoms. The molecule has 1 aliphatic rings. The zero-order chi connectivity index (χ0) is 11.3. The Labute approximate surface area is 96.5 Å². The van der Waals surface area contributed by atoms with Gasteiger partial charge in [-0.1, -0.05) is 0 Å². The maximum Gasteiger partial charge on any atom is 0.246 e. The minimum atomic E-state index is -0.0262. The van der Waals surface area contributed by atoms with E-state index in [0.29, 0.717) is 11.3 Å². The molecular weight excluding hydrogens is 214 g/mol. The topological polar surface area (TPSA) is 38.3 Å². The third kappa shape index (κ3) is 5.38. The van der Waals surface area contributed by atoms with Gasteiger partial charge in [0.15, 0.2) is 0 Å². The zero-order valence-corrected chi connectivity index (χ0v) is 10.2. The Kier molecular flexibility index (Phi) is 5.40. The number of hydrogen-bond acceptors (Lipinski definition) is 2. The summed E-state index contributed by atoms with van der Waals surface area (Å²) in [6, 6.07) is 0. The van der Waals surface area contributed by atoms with E-state index >= 15 is 0 Å². The Morgan fingerprint density at radius 3 is 2.80 bits per heavy atom. The summed E-state index contributed by atoms with van der Waals surface area (Å²) in [5.74, 6) is 0.525. The molecule has 2 unspecified atom stereocenters. The molecule has 0 bridgehead atoms. The molecule has 1 amide bonds. The van der Waals surface area contributed by atoms with Crippen LogP contribution in [0, 0.1) is 5.92 Å². The highest BCUT2D eigenvalue weighted by Gasteiger charge is 2.22. The van der Waals surface area contributed by atoms with E-state index in [1.165, 1.54) is 0 Å². The van der Waals surface area contributed by atoms with Crippen molar-refractivity contribution < 1.29 is 9.53 Å². The number of halogens is 1. The van der Waals surface area contributed by atoms with Crippen LogP contribution in [0.3, 0.4) is 0 Å². The van der Waals surface area contributed by atoms with Gasteiger partial charge in [-0.25, -0.2) is 0 Å². The molecule has 0 aromatic heterocycles.